The molecular formula is C19H21Cl2NO3. The van der Waals surface area contributed by atoms with E-state index in [1.54, 1.807) is 25.3 Å². The normalized spacial score (nSPS) is 11.7. The number of amides is 1. The van der Waals surface area contributed by atoms with Crippen LogP contribution in [-0.2, 0) is 0 Å². The smallest absolute Gasteiger partial charge is 0.253 e. The van der Waals surface area contributed by atoms with Crippen LogP contribution in [0.3, 0.4) is 0 Å². The third kappa shape index (κ3) is 4.80. The minimum Gasteiger partial charge on any atom is -0.493 e. The molecule has 4 nitrogen and oxygen atoms in total. The van der Waals surface area contributed by atoms with Crippen molar-refractivity contribution in [2.24, 2.45) is 0 Å². The van der Waals surface area contributed by atoms with Crippen molar-refractivity contribution in [2.75, 3.05) is 13.7 Å². The van der Waals surface area contributed by atoms with Gasteiger partial charge >= 0.3 is 0 Å². The van der Waals surface area contributed by atoms with Gasteiger partial charge < -0.3 is 14.8 Å². The van der Waals surface area contributed by atoms with E-state index in [4.69, 9.17) is 32.7 Å². The summed E-state index contributed by atoms with van der Waals surface area (Å²) in [7, 11) is 1.59. The molecule has 134 valence electrons. The summed E-state index contributed by atoms with van der Waals surface area (Å²) in [6, 6.07) is 10.3. The summed E-state index contributed by atoms with van der Waals surface area (Å²) in [5.41, 5.74) is 1.24. The fourth-order valence-electron chi connectivity index (χ4n) is 2.32. The molecule has 1 amide bonds. The lowest BCUT2D eigenvalue weighted by Crippen LogP contribution is -2.27. The lowest BCUT2D eigenvalue weighted by atomic mass is 10.1. The zero-order valence-corrected chi connectivity index (χ0v) is 15.9. The van der Waals surface area contributed by atoms with Gasteiger partial charge in [0, 0.05) is 0 Å². The molecule has 1 unspecified atom stereocenters. The summed E-state index contributed by atoms with van der Waals surface area (Å²) < 4.78 is 11.0. The van der Waals surface area contributed by atoms with Gasteiger partial charge in [-0.2, -0.15) is 0 Å². The summed E-state index contributed by atoms with van der Waals surface area (Å²) in [5, 5.41) is 3.51. The Hall–Kier alpha value is -1.91. The highest BCUT2D eigenvalue weighted by Gasteiger charge is 2.17. The molecule has 0 aliphatic rings. The SMILES string of the molecule is CCCOc1ccc(C(C)NC(=O)c2cccc(Cl)c2Cl)cc1OC. The molecule has 1 N–H and O–H groups in total. The van der Waals surface area contributed by atoms with Gasteiger partial charge in [-0.25, -0.2) is 0 Å². The van der Waals surface area contributed by atoms with E-state index >= 15 is 0 Å². The fraction of sp³-hybridized carbons (Fsp3) is 0.316. The van der Waals surface area contributed by atoms with Gasteiger partial charge in [-0.15, -0.1) is 0 Å². The Morgan fingerprint density at radius 3 is 2.64 bits per heavy atom. The molecular weight excluding hydrogens is 361 g/mol. The van der Waals surface area contributed by atoms with Crippen LogP contribution in [0.25, 0.3) is 0 Å². The first-order valence-corrected chi connectivity index (χ1v) is 8.79. The van der Waals surface area contributed by atoms with Crippen LogP contribution in [0.2, 0.25) is 10.0 Å². The first-order chi connectivity index (χ1) is 12.0. The number of carbonyl (C=O) groups is 1. The maximum Gasteiger partial charge on any atom is 0.253 e. The molecule has 0 saturated carbocycles. The standard InChI is InChI=1S/C19H21Cl2NO3/c1-4-10-25-16-9-8-13(11-17(16)24-3)12(2)22-19(23)14-6-5-7-15(20)18(14)21/h5-9,11-12H,4,10H2,1-3H3,(H,22,23). The van der Waals surface area contributed by atoms with Gasteiger partial charge in [0.1, 0.15) is 0 Å². The van der Waals surface area contributed by atoms with Crippen molar-refractivity contribution in [1.29, 1.82) is 0 Å². The molecule has 0 aromatic heterocycles. The molecule has 0 fully saturated rings. The van der Waals surface area contributed by atoms with E-state index in [-0.39, 0.29) is 17.0 Å². The molecule has 2 aromatic carbocycles. The summed E-state index contributed by atoms with van der Waals surface area (Å²) >= 11 is 12.1. The van der Waals surface area contributed by atoms with Crippen LogP contribution in [-0.4, -0.2) is 19.6 Å². The monoisotopic (exact) mass is 381 g/mol. The van der Waals surface area contributed by atoms with Gasteiger partial charge in [0.15, 0.2) is 11.5 Å². The van der Waals surface area contributed by atoms with E-state index in [2.05, 4.69) is 5.32 Å². The van der Waals surface area contributed by atoms with Gasteiger partial charge in [0.05, 0.1) is 35.4 Å². The Balaban J connectivity index is 2.16. The number of rotatable bonds is 7. The van der Waals surface area contributed by atoms with Crippen molar-refractivity contribution >= 4 is 29.1 Å². The highest BCUT2D eigenvalue weighted by Crippen LogP contribution is 2.31. The van der Waals surface area contributed by atoms with Crippen LogP contribution >= 0.6 is 23.2 Å². The average Bonchev–Trinajstić information content (AvgIpc) is 2.61. The second-order valence-corrected chi connectivity index (χ2v) is 6.34. The molecule has 6 heteroatoms. The zero-order valence-electron chi connectivity index (χ0n) is 14.4. The third-order valence-electron chi connectivity index (χ3n) is 3.69. The van der Waals surface area contributed by atoms with E-state index in [9.17, 15) is 4.79 Å². The number of ether oxygens (including phenoxy) is 2. The van der Waals surface area contributed by atoms with Crippen LogP contribution in [0.4, 0.5) is 0 Å². The van der Waals surface area contributed by atoms with Gasteiger partial charge in [0.25, 0.3) is 5.91 Å². The first kappa shape index (κ1) is 19.4. The minimum atomic E-state index is -0.287. The highest BCUT2D eigenvalue weighted by atomic mass is 35.5. The number of benzene rings is 2. The van der Waals surface area contributed by atoms with Crippen LogP contribution in [0.15, 0.2) is 36.4 Å². The van der Waals surface area contributed by atoms with Crippen molar-refractivity contribution < 1.29 is 14.3 Å². The Morgan fingerprint density at radius 2 is 1.96 bits per heavy atom. The zero-order chi connectivity index (χ0) is 18.4. The van der Waals surface area contributed by atoms with Crippen molar-refractivity contribution in [3.8, 4) is 11.5 Å². The van der Waals surface area contributed by atoms with Crippen LogP contribution in [0, 0.1) is 0 Å². The molecule has 0 spiro atoms. The quantitative estimate of drug-likeness (QED) is 0.709. The lowest BCUT2D eigenvalue weighted by molar-refractivity contribution is 0.0940. The first-order valence-electron chi connectivity index (χ1n) is 8.03. The molecule has 2 rings (SSSR count). The maximum atomic E-state index is 12.5. The van der Waals surface area contributed by atoms with Gasteiger partial charge in [-0.05, 0) is 43.2 Å². The molecule has 0 heterocycles. The topological polar surface area (TPSA) is 47.6 Å². The molecule has 0 radical (unpaired) electrons. The Labute approximate surface area is 158 Å². The van der Waals surface area contributed by atoms with Crippen molar-refractivity contribution in [1.82, 2.24) is 5.32 Å². The average molecular weight is 382 g/mol. The molecule has 25 heavy (non-hydrogen) atoms. The predicted molar refractivity (Wildman–Crippen MR) is 101 cm³/mol. The number of methoxy groups -OCH3 is 1. The van der Waals surface area contributed by atoms with E-state index in [0.29, 0.717) is 28.7 Å². The van der Waals surface area contributed by atoms with Gasteiger partial charge in [0.2, 0.25) is 0 Å². The predicted octanol–water partition coefficient (Wildman–Crippen LogP) is 5.28. The minimum absolute atomic E-state index is 0.239. The molecule has 1 atom stereocenters. The van der Waals surface area contributed by atoms with E-state index in [1.807, 2.05) is 32.0 Å². The Morgan fingerprint density at radius 1 is 1.20 bits per heavy atom. The lowest BCUT2D eigenvalue weighted by Gasteiger charge is -2.17. The molecule has 2 aromatic rings. The van der Waals surface area contributed by atoms with Crippen LogP contribution in [0.1, 0.15) is 42.2 Å². The number of hydrogen-bond donors (Lipinski definition) is 1. The summed E-state index contributed by atoms with van der Waals surface area (Å²) in [6.07, 6.45) is 0.914. The molecule has 0 aliphatic carbocycles. The Bertz CT molecular complexity index is 749. The second-order valence-electron chi connectivity index (χ2n) is 5.56. The van der Waals surface area contributed by atoms with Crippen molar-refractivity contribution in [2.45, 2.75) is 26.3 Å². The van der Waals surface area contributed by atoms with Crippen LogP contribution in [0.5, 0.6) is 11.5 Å². The fourth-order valence-corrected chi connectivity index (χ4v) is 2.71. The third-order valence-corrected chi connectivity index (χ3v) is 4.51. The number of nitrogens with one attached hydrogen (secondary N) is 1. The van der Waals surface area contributed by atoms with Gasteiger partial charge in [-0.3, -0.25) is 4.79 Å². The molecule has 0 saturated heterocycles. The van der Waals surface area contributed by atoms with Crippen molar-refractivity contribution in [3.05, 3.63) is 57.6 Å². The second kappa shape index (κ2) is 8.97. The summed E-state index contributed by atoms with van der Waals surface area (Å²) in [5.74, 6) is 1.03. The largest absolute Gasteiger partial charge is 0.493 e. The molecule has 0 bridgehead atoms. The number of carbonyl (C=O) groups excluding carboxylic acids is 1. The highest BCUT2D eigenvalue weighted by molar-refractivity contribution is 6.43. The summed E-state index contributed by atoms with van der Waals surface area (Å²) in [6.45, 7) is 4.55. The Kier molecular flexibility index (Phi) is 6.97. The maximum absolute atomic E-state index is 12.5. The van der Waals surface area contributed by atoms with E-state index in [0.717, 1.165) is 12.0 Å². The van der Waals surface area contributed by atoms with Crippen molar-refractivity contribution in [3.63, 3.8) is 0 Å². The number of hydrogen-bond acceptors (Lipinski definition) is 3. The molecule has 0 aliphatic heterocycles. The number of halogens is 2. The van der Waals surface area contributed by atoms with E-state index in [1.165, 1.54) is 0 Å². The van der Waals surface area contributed by atoms with Crippen LogP contribution < -0.4 is 14.8 Å². The van der Waals surface area contributed by atoms with Gasteiger partial charge in [-0.1, -0.05) is 42.3 Å². The summed E-state index contributed by atoms with van der Waals surface area (Å²) in [4.78, 5) is 12.5. The van der Waals surface area contributed by atoms with E-state index < -0.39 is 0 Å².